The van der Waals surface area contributed by atoms with Crippen molar-refractivity contribution in [1.29, 1.82) is 10.5 Å². The topological polar surface area (TPSA) is 105 Å². The van der Waals surface area contributed by atoms with E-state index in [9.17, 15) is 20.1 Å². The zero-order valence-electron chi connectivity index (χ0n) is 15.9. The highest BCUT2D eigenvalue weighted by molar-refractivity contribution is 6.09. The van der Waals surface area contributed by atoms with Gasteiger partial charge in [0.25, 0.3) is 0 Å². The summed E-state index contributed by atoms with van der Waals surface area (Å²) in [7, 11) is 2.25. The van der Waals surface area contributed by atoms with Crippen LogP contribution in [0.15, 0.2) is 48.5 Å². The van der Waals surface area contributed by atoms with E-state index in [-0.39, 0.29) is 6.42 Å². The highest BCUT2D eigenvalue weighted by Crippen LogP contribution is 2.65. The van der Waals surface area contributed by atoms with Gasteiger partial charge in [-0.25, -0.2) is 0 Å². The van der Waals surface area contributed by atoms with E-state index in [1.54, 1.807) is 0 Å². The number of ether oxygens (including phenoxy) is 2. The molecule has 1 aliphatic rings. The van der Waals surface area contributed by atoms with Gasteiger partial charge >= 0.3 is 11.9 Å². The average Bonchev–Trinajstić information content (AvgIpc) is 3.08. The largest absolute Gasteiger partial charge is 0.468 e. The lowest BCUT2D eigenvalue weighted by atomic mass is 9.47. The first-order valence-corrected chi connectivity index (χ1v) is 8.99. The van der Waals surface area contributed by atoms with Crippen LogP contribution in [0.25, 0.3) is 21.8 Å². The van der Waals surface area contributed by atoms with Crippen LogP contribution in [-0.4, -0.2) is 30.7 Å². The first-order chi connectivity index (χ1) is 14.0. The van der Waals surface area contributed by atoms with Gasteiger partial charge < -0.3 is 14.0 Å². The summed E-state index contributed by atoms with van der Waals surface area (Å²) in [5, 5.41) is 22.1. The van der Waals surface area contributed by atoms with Gasteiger partial charge in [0, 0.05) is 28.2 Å². The summed E-state index contributed by atoms with van der Waals surface area (Å²) in [5.41, 5.74) is -2.34. The number of rotatable bonds is 3. The molecule has 2 aromatic carbocycles. The summed E-state index contributed by atoms with van der Waals surface area (Å²) in [6.45, 7) is 0. The first kappa shape index (κ1) is 18.5. The Morgan fingerprint density at radius 1 is 0.931 bits per heavy atom. The fraction of sp³-hybridized carbons (Fsp3) is 0.273. The molecule has 1 aliphatic carbocycles. The number of esters is 2. The van der Waals surface area contributed by atoms with Crippen molar-refractivity contribution < 1.29 is 19.1 Å². The Labute approximate surface area is 166 Å². The molecule has 0 N–H and O–H groups in total. The molecule has 1 fully saturated rings. The minimum Gasteiger partial charge on any atom is -0.468 e. The number of carbonyl (C=O) groups excluding carboxylic acids is 2. The maximum atomic E-state index is 12.7. The van der Waals surface area contributed by atoms with Crippen molar-refractivity contribution in [2.45, 2.75) is 12.5 Å². The number of para-hydroxylation sites is 2. The van der Waals surface area contributed by atoms with E-state index < -0.39 is 28.8 Å². The third-order valence-electron chi connectivity index (χ3n) is 6.02. The lowest BCUT2D eigenvalue weighted by molar-refractivity contribution is -0.192. The molecule has 0 saturated heterocycles. The van der Waals surface area contributed by atoms with Gasteiger partial charge in [-0.2, -0.15) is 10.5 Å². The number of hydrogen-bond donors (Lipinski definition) is 0. The predicted molar refractivity (Wildman–Crippen MR) is 103 cm³/mol. The van der Waals surface area contributed by atoms with Gasteiger partial charge in [0.05, 0.1) is 32.4 Å². The molecule has 0 amide bonds. The summed E-state index contributed by atoms with van der Waals surface area (Å²) in [5.74, 6) is -1.88. The molecule has 29 heavy (non-hydrogen) atoms. The van der Waals surface area contributed by atoms with Crippen LogP contribution in [0.5, 0.6) is 0 Å². The molecule has 1 saturated carbocycles. The van der Waals surface area contributed by atoms with Gasteiger partial charge in [-0.05, 0) is 12.1 Å². The van der Waals surface area contributed by atoms with E-state index in [4.69, 9.17) is 9.47 Å². The fourth-order valence-electron chi connectivity index (χ4n) is 4.62. The minimum absolute atomic E-state index is 0.0733. The molecule has 7 nitrogen and oxygen atoms in total. The van der Waals surface area contributed by atoms with Crippen molar-refractivity contribution in [1.82, 2.24) is 4.57 Å². The molecule has 3 aromatic rings. The second-order valence-electron chi connectivity index (χ2n) is 7.04. The quantitative estimate of drug-likeness (QED) is 0.505. The van der Waals surface area contributed by atoms with E-state index in [1.807, 2.05) is 65.2 Å². The summed E-state index contributed by atoms with van der Waals surface area (Å²) >= 11 is 0. The van der Waals surface area contributed by atoms with Gasteiger partial charge in [0.2, 0.25) is 5.41 Å². The number of methoxy groups -OCH3 is 2. The summed E-state index contributed by atoms with van der Waals surface area (Å²) < 4.78 is 11.5. The second-order valence-corrected chi connectivity index (χ2v) is 7.04. The SMILES string of the molecule is COC(=O)C1(C(=O)OC)CC(n2c3ccccc3c3ccccc32)C1(C#N)C#N. The lowest BCUT2D eigenvalue weighted by Crippen LogP contribution is -2.65. The molecular weight excluding hydrogens is 370 g/mol. The van der Waals surface area contributed by atoms with E-state index in [2.05, 4.69) is 0 Å². The Bertz CT molecular complexity index is 1160. The molecule has 1 aromatic heterocycles. The number of nitriles is 2. The number of nitrogens with zero attached hydrogens (tertiary/aromatic N) is 3. The Morgan fingerprint density at radius 3 is 1.79 bits per heavy atom. The van der Waals surface area contributed by atoms with Crippen molar-refractivity contribution in [3.8, 4) is 12.1 Å². The molecular formula is C22H17N3O4. The van der Waals surface area contributed by atoms with E-state index in [0.717, 1.165) is 36.0 Å². The van der Waals surface area contributed by atoms with E-state index in [1.165, 1.54) is 0 Å². The van der Waals surface area contributed by atoms with Crippen molar-refractivity contribution in [3.05, 3.63) is 48.5 Å². The van der Waals surface area contributed by atoms with Crippen LogP contribution in [0.3, 0.4) is 0 Å². The molecule has 0 aliphatic heterocycles. The molecule has 0 radical (unpaired) electrons. The Balaban J connectivity index is 2.03. The second kappa shape index (κ2) is 6.35. The first-order valence-electron chi connectivity index (χ1n) is 8.99. The van der Waals surface area contributed by atoms with Gasteiger partial charge in [-0.15, -0.1) is 0 Å². The summed E-state index contributed by atoms with van der Waals surface area (Å²) in [6, 6.07) is 18.5. The number of fused-ring (bicyclic) bond motifs is 3. The normalized spacial score (nSPS) is 19.0. The van der Waals surface area contributed by atoms with E-state index in [0.29, 0.717) is 0 Å². The smallest absolute Gasteiger partial charge is 0.326 e. The van der Waals surface area contributed by atoms with Crippen molar-refractivity contribution in [2.24, 2.45) is 10.8 Å². The summed E-state index contributed by atoms with van der Waals surface area (Å²) in [6.07, 6.45) is -0.0733. The van der Waals surface area contributed by atoms with Gasteiger partial charge in [0.15, 0.2) is 5.41 Å². The van der Waals surface area contributed by atoms with Crippen molar-refractivity contribution >= 4 is 33.7 Å². The molecule has 4 rings (SSSR count). The third kappa shape index (κ3) is 2.05. The third-order valence-corrected chi connectivity index (χ3v) is 6.02. The zero-order chi connectivity index (χ0) is 20.8. The number of benzene rings is 2. The maximum Gasteiger partial charge on any atom is 0.326 e. The Hall–Kier alpha value is -3.84. The monoisotopic (exact) mass is 387 g/mol. The molecule has 1 unspecified atom stereocenters. The lowest BCUT2D eigenvalue weighted by Gasteiger charge is -2.52. The van der Waals surface area contributed by atoms with Crippen LogP contribution in [0, 0.1) is 33.5 Å². The van der Waals surface area contributed by atoms with Crippen molar-refractivity contribution in [2.75, 3.05) is 14.2 Å². The number of aromatic nitrogens is 1. The van der Waals surface area contributed by atoms with Crippen LogP contribution in [0.1, 0.15) is 12.5 Å². The number of carbonyl (C=O) groups is 2. The molecule has 0 spiro atoms. The standard InChI is InChI=1S/C22H17N3O4/c1-28-19(26)22(20(27)29-2)11-18(21(22,12-23)13-24)25-16-9-5-3-7-14(16)15-8-4-6-10-17(15)25/h3-10,18H,11H2,1-2H3. The van der Waals surface area contributed by atoms with Gasteiger partial charge in [0.1, 0.15) is 0 Å². The highest BCUT2D eigenvalue weighted by Gasteiger charge is 2.78. The van der Waals surface area contributed by atoms with Crippen LogP contribution < -0.4 is 0 Å². The minimum atomic E-state index is -2.00. The fourth-order valence-corrected chi connectivity index (χ4v) is 4.62. The van der Waals surface area contributed by atoms with Crippen LogP contribution in [0.4, 0.5) is 0 Å². The van der Waals surface area contributed by atoms with E-state index >= 15 is 0 Å². The Kier molecular flexibility index (Phi) is 4.06. The molecule has 1 heterocycles. The Morgan fingerprint density at radius 2 is 1.38 bits per heavy atom. The van der Waals surface area contributed by atoms with Gasteiger partial charge in [-0.3, -0.25) is 9.59 Å². The average molecular weight is 387 g/mol. The van der Waals surface area contributed by atoms with Gasteiger partial charge in [-0.1, -0.05) is 36.4 Å². The van der Waals surface area contributed by atoms with Crippen LogP contribution >= 0.6 is 0 Å². The zero-order valence-corrected chi connectivity index (χ0v) is 15.9. The van der Waals surface area contributed by atoms with Crippen LogP contribution in [0.2, 0.25) is 0 Å². The van der Waals surface area contributed by atoms with Crippen LogP contribution in [-0.2, 0) is 19.1 Å². The predicted octanol–water partition coefficient (Wildman–Crippen LogP) is 3.11. The summed E-state index contributed by atoms with van der Waals surface area (Å²) in [4.78, 5) is 25.3. The van der Waals surface area contributed by atoms with Crippen molar-refractivity contribution in [3.63, 3.8) is 0 Å². The molecule has 1 atom stereocenters. The molecule has 144 valence electrons. The molecule has 0 bridgehead atoms. The molecule has 7 heteroatoms. The maximum absolute atomic E-state index is 12.7. The highest BCUT2D eigenvalue weighted by atomic mass is 16.5. The number of hydrogen-bond acceptors (Lipinski definition) is 6.